The van der Waals surface area contributed by atoms with E-state index in [-0.39, 0.29) is 5.97 Å². The molecule has 0 saturated heterocycles. The van der Waals surface area contributed by atoms with E-state index in [1.165, 1.54) is 5.39 Å². The lowest BCUT2D eigenvalue weighted by atomic mass is 10.00. The van der Waals surface area contributed by atoms with Crippen LogP contribution >= 0.6 is 0 Å². The summed E-state index contributed by atoms with van der Waals surface area (Å²) in [6, 6.07) is 18.2. The Balaban J connectivity index is 1.95. The van der Waals surface area contributed by atoms with Crippen LogP contribution in [0.1, 0.15) is 36.5 Å². The molecule has 0 aliphatic carbocycles. The molecule has 0 aliphatic heterocycles. The van der Waals surface area contributed by atoms with Crippen molar-refractivity contribution in [3.8, 4) is 0 Å². The second kappa shape index (κ2) is 6.61. The van der Waals surface area contributed by atoms with E-state index in [1.807, 2.05) is 30.3 Å². The minimum Gasteiger partial charge on any atom is -0.462 e. The maximum Gasteiger partial charge on any atom is 0.338 e. The van der Waals surface area contributed by atoms with Crippen molar-refractivity contribution in [1.82, 2.24) is 0 Å². The SMILES string of the molecule is CCCCCOC(=O)c1cccc2cc3ccccc3cc12. The zero-order valence-electron chi connectivity index (χ0n) is 12.8. The third kappa shape index (κ3) is 2.96. The van der Waals surface area contributed by atoms with Crippen molar-refractivity contribution in [2.24, 2.45) is 0 Å². The molecule has 22 heavy (non-hydrogen) atoms. The van der Waals surface area contributed by atoms with Crippen molar-refractivity contribution in [1.29, 1.82) is 0 Å². The van der Waals surface area contributed by atoms with E-state index in [2.05, 4.69) is 31.2 Å². The van der Waals surface area contributed by atoms with Crippen molar-refractivity contribution in [3.05, 3.63) is 60.2 Å². The van der Waals surface area contributed by atoms with Crippen LogP contribution in [0, 0.1) is 0 Å². The van der Waals surface area contributed by atoms with Gasteiger partial charge in [0, 0.05) is 0 Å². The molecule has 0 radical (unpaired) electrons. The Morgan fingerprint density at radius 3 is 2.41 bits per heavy atom. The standard InChI is InChI=1S/C20H20O2/c1-2-3-6-12-22-20(21)18-11-7-10-17-13-15-8-4-5-9-16(15)14-19(17)18/h4-5,7-11,13-14H,2-3,6,12H2,1H3. The normalized spacial score (nSPS) is 11.0. The predicted octanol–water partition coefficient (Wildman–Crippen LogP) is 5.34. The molecule has 0 aliphatic rings. The molecule has 3 rings (SSSR count). The van der Waals surface area contributed by atoms with Crippen LogP contribution in [0.25, 0.3) is 21.5 Å². The highest BCUT2D eigenvalue weighted by Gasteiger charge is 2.11. The zero-order chi connectivity index (χ0) is 15.4. The Morgan fingerprint density at radius 2 is 1.64 bits per heavy atom. The van der Waals surface area contributed by atoms with E-state index in [1.54, 1.807) is 0 Å². The first-order valence-electron chi connectivity index (χ1n) is 7.88. The summed E-state index contributed by atoms with van der Waals surface area (Å²) in [5.41, 5.74) is 0.653. The molecule has 0 amide bonds. The molecule has 3 aromatic rings. The highest BCUT2D eigenvalue weighted by atomic mass is 16.5. The van der Waals surface area contributed by atoms with E-state index < -0.39 is 0 Å². The molecule has 3 aromatic carbocycles. The summed E-state index contributed by atoms with van der Waals surface area (Å²) in [6.07, 6.45) is 3.14. The molecule has 0 bridgehead atoms. The van der Waals surface area contributed by atoms with Gasteiger partial charge < -0.3 is 4.74 Å². The number of benzene rings is 3. The van der Waals surface area contributed by atoms with Crippen LogP contribution < -0.4 is 0 Å². The number of hydrogen-bond donors (Lipinski definition) is 0. The summed E-state index contributed by atoms with van der Waals surface area (Å²) in [4.78, 5) is 12.3. The van der Waals surface area contributed by atoms with Crippen LogP contribution in [0.3, 0.4) is 0 Å². The molecule has 112 valence electrons. The van der Waals surface area contributed by atoms with E-state index in [0.29, 0.717) is 12.2 Å². The summed E-state index contributed by atoms with van der Waals surface area (Å²) >= 11 is 0. The fourth-order valence-corrected chi connectivity index (χ4v) is 2.74. The van der Waals surface area contributed by atoms with Crippen LogP contribution in [0.2, 0.25) is 0 Å². The van der Waals surface area contributed by atoms with Crippen LogP contribution in [0.5, 0.6) is 0 Å². The Kier molecular flexibility index (Phi) is 4.38. The minimum atomic E-state index is -0.225. The lowest BCUT2D eigenvalue weighted by Gasteiger charge is -2.09. The van der Waals surface area contributed by atoms with Gasteiger partial charge in [0.15, 0.2) is 0 Å². The Bertz CT molecular complexity index is 805. The fourth-order valence-electron chi connectivity index (χ4n) is 2.74. The van der Waals surface area contributed by atoms with E-state index in [4.69, 9.17) is 4.74 Å². The van der Waals surface area contributed by atoms with E-state index in [9.17, 15) is 4.79 Å². The Morgan fingerprint density at radius 1 is 0.909 bits per heavy atom. The number of fused-ring (bicyclic) bond motifs is 2. The first-order valence-corrected chi connectivity index (χ1v) is 7.88. The fraction of sp³-hybridized carbons (Fsp3) is 0.250. The number of esters is 1. The van der Waals surface area contributed by atoms with Gasteiger partial charge in [-0.3, -0.25) is 0 Å². The van der Waals surface area contributed by atoms with Crippen molar-refractivity contribution in [2.75, 3.05) is 6.61 Å². The quantitative estimate of drug-likeness (QED) is 0.360. The first kappa shape index (κ1) is 14.6. The molecule has 0 aromatic heterocycles. The molecule has 0 spiro atoms. The number of carbonyl (C=O) groups is 1. The molecule has 0 saturated carbocycles. The average molecular weight is 292 g/mol. The molecule has 2 nitrogen and oxygen atoms in total. The summed E-state index contributed by atoms with van der Waals surface area (Å²) in [7, 11) is 0. The van der Waals surface area contributed by atoms with Crippen molar-refractivity contribution >= 4 is 27.5 Å². The zero-order valence-corrected chi connectivity index (χ0v) is 12.8. The van der Waals surface area contributed by atoms with Crippen molar-refractivity contribution in [2.45, 2.75) is 26.2 Å². The van der Waals surface area contributed by atoms with Gasteiger partial charge in [-0.05, 0) is 46.2 Å². The lowest BCUT2D eigenvalue weighted by Crippen LogP contribution is -2.07. The topological polar surface area (TPSA) is 26.3 Å². The molecule has 0 unspecified atom stereocenters. The number of rotatable bonds is 5. The maximum atomic E-state index is 12.3. The van der Waals surface area contributed by atoms with Gasteiger partial charge in [-0.2, -0.15) is 0 Å². The van der Waals surface area contributed by atoms with Gasteiger partial charge in [0.2, 0.25) is 0 Å². The monoisotopic (exact) mass is 292 g/mol. The smallest absolute Gasteiger partial charge is 0.338 e. The Hall–Kier alpha value is -2.35. The van der Waals surface area contributed by atoms with Gasteiger partial charge in [0.25, 0.3) is 0 Å². The van der Waals surface area contributed by atoms with Gasteiger partial charge in [0.05, 0.1) is 12.2 Å². The van der Waals surface area contributed by atoms with E-state index >= 15 is 0 Å². The summed E-state index contributed by atoms with van der Waals surface area (Å²) in [5.74, 6) is -0.225. The average Bonchev–Trinajstić information content (AvgIpc) is 2.56. The van der Waals surface area contributed by atoms with Crippen LogP contribution in [0.15, 0.2) is 54.6 Å². The van der Waals surface area contributed by atoms with Crippen LogP contribution in [0.4, 0.5) is 0 Å². The molecular formula is C20H20O2. The molecular weight excluding hydrogens is 272 g/mol. The first-order chi connectivity index (χ1) is 10.8. The van der Waals surface area contributed by atoms with Gasteiger partial charge >= 0.3 is 5.97 Å². The molecule has 0 heterocycles. The van der Waals surface area contributed by atoms with E-state index in [0.717, 1.165) is 35.4 Å². The molecule has 0 N–H and O–H groups in total. The second-order valence-corrected chi connectivity index (χ2v) is 5.57. The molecule has 0 atom stereocenters. The minimum absolute atomic E-state index is 0.225. The van der Waals surface area contributed by atoms with Gasteiger partial charge in [-0.1, -0.05) is 56.2 Å². The molecule has 0 fully saturated rings. The maximum absolute atomic E-state index is 12.3. The van der Waals surface area contributed by atoms with Crippen LogP contribution in [-0.4, -0.2) is 12.6 Å². The summed E-state index contributed by atoms with van der Waals surface area (Å²) in [6.45, 7) is 2.63. The van der Waals surface area contributed by atoms with Crippen molar-refractivity contribution < 1.29 is 9.53 Å². The number of ether oxygens (including phenoxy) is 1. The summed E-state index contributed by atoms with van der Waals surface area (Å²) < 4.78 is 5.41. The number of carbonyl (C=O) groups excluding carboxylic acids is 1. The lowest BCUT2D eigenvalue weighted by molar-refractivity contribution is 0.0500. The molecule has 2 heteroatoms. The van der Waals surface area contributed by atoms with Crippen LogP contribution in [-0.2, 0) is 4.74 Å². The largest absolute Gasteiger partial charge is 0.462 e. The van der Waals surface area contributed by atoms with Gasteiger partial charge in [0.1, 0.15) is 0 Å². The second-order valence-electron chi connectivity index (χ2n) is 5.57. The number of hydrogen-bond acceptors (Lipinski definition) is 2. The highest BCUT2D eigenvalue weighted by molar-refractivity contribution is 6.08. The van der Waals surface area contributed by atoms with Gasteiger partial charge in [-0.15, -0.1) is 0 Å². The predicted molar refractivity (Wildman–Crippen MR) is 91.3 cm³/mol. The highest BCUT2D eigenvalue weighted by Crippen LogP contribution is 2.26. The van der Waals surface area contributed by atoms with Gasteiger partial charge in [-0.25, -0.2) is 4.79 Å². The van der Waals surface area contributed by atoms with Crippen molar-refractivity contribution in [3.63, 3.8) is 0 Å². The summed E-state index contributed by atoms with van der Waals surface area (Å²) in [5, 5.41) is 4.35. The third-order valence-electron chi connectivity index (χ3n) is 3.95. The number of unbranched alkanes of at least 4 members (excludes halogenated alkanes) is 2. The Labute approximate surface area is 130 Å². The third-order valence-corrected chi connectivity index (χ3v) is 3.95.